The van der Waals surface area contributed by atoms with Crippen molar-refractivity contribution in [3.05, 3.63) is 40.9 Å². The van der Waals surface area contributed by atoms with E-state index in [1.54, 1.807) is 30.2 Å². The molecule has 0 saturated carbocycles. The van der Waals surface area contributed by atoms with Crippen molar-refractivity contribution >= 4 is 29.5 Å². The lowest BCUT2D eigenvalue weighted by atomic mass is 10.2. The molecule has 0 aromatic heterocycles. The Bertz CT molecular complexity index is 525. The molecule has 0 saturated heterocycles. The fraction of sp³-hybridized carbons (Fsp3) is 0.375. The van der Waals surface area contributed by atoms with Crippen LogP contribution in [0.15, 0.2) is 30.3 Å². The van der Waals surface area contributed by atoms with E-state index in [2.05, 4.69) is 0 Å². The zero-order valence-electron chi connectivity index (χ0n) is 12.7. The summed E-state index contributed by atoms with van der Waals surface area (Å²) in [6, 6.07) is 7.22. The van der Waals surface area contributed by atoms with Gasteiger partial charge in [-0.05, 0) is 37.6 Å². The van der Waals surface area contributed by atoms with Crippen molar-refractivity contribution < 1.29 is 9.59 Å². The maximum atomic E-state index is 12.0. The Morgan fingerprint density at radius 1 is 1.24 bits per heavy atom. The van der Waals surface area contributed by atoms with E-state index >= 15 is 0 Å². The minimum absolute atomic E-state index is 0.0491. The van der Waals surface area contributed by atoms with Crippen LogP contribution >= 0.6 is 11.6 Å². The summed E-state index contributed by atoms with van der Waals surface area (Å²) in [4.78, 5) is 27.0. The summed E-state index contributed by atoms with van der Waals surface area (Å²) >= 11 is 5.88. The van der Waals surface area contributed by atoms with Crippen LogP contribution in [0.25, 0.3) is 6.08 Å². The van der Waals surface area contributed by atoms with Crippen molar-refractivity contribution in [2.75, 3.05) is 26.7 Å². The molecule has 2 amide bonds. The van der Waals surface area contributed by atoms with Gasteiger partial charge in [0.25, 0.3) is 0 Å². The van der Waals surface area contributed by atoms with Crippen molar-refractivity contribution in [2.24, 2.45) is 0 Å². The molecule has 0 bridgehead atoms. The van der Waals surface area contributed by atoms with Gasteiger partial charge in [0.05, 0.1) is 6.54 Å². The molecule has 0 radical (unpaired) electrons. The Morgan fingerprint density at radius 2 is 1.90 bits per heavy atom. The standard InChI is InChI=1S/C16H21ClN2O2/c1-4-19(5-2)16(21)12-18(3)15(20)10-9-13-7-6-8-14(17)11-13/h6-11H,4-5,12H2,1-3H3/b10-9+. The minimum Gasteiger partial charge on any atom is -0.342 e. The molecule has 114 valence electrons. The zero-order chi connectivity index (χ0) is 15.8. The third kappa shape index (κ3) is 5.60. The lowest BCUT2D eigenvalue weighted by Gasteiger charge is -2.22. The van der Waals surface area contributed by atoms with Gasteiger partial charge in [0.1, 0.15) is 0 Å². The second kappa shape index (κ2) is 8.47. The van der Waals surface area contributed by atoms with Gasteiger partial charge in [-0.25, -0.2) is 0 Å². The first-order chi connectivity index (χ1) is 9.97. The van der Waals surface area contributed by atoms with Crippen molar-refractivity contribution in [1.29, 1.82) is 0 Å². The highest BCUT2D eigenvalue weighted by Gasteiger charge is 2.14. The molecule has 0 aliphatic rings. The third-order valence-corrected chi connectivity index (χ3v) is 3.37. The number of hydrogen-bond acceptors (Lipinski definition) is 2. The summed E-state index contributed by atoms with van der Waals surface area (Å²) in [7, 11) is 1.62. The number of hydrogen-bond donors (Lipinski definition) is 0. The van der Waals surface area contributed by atoms with Crippen molar-refractivity contribution in [3.8, 4) is 0 Å². The second-order valence-corrected chi connectivity index (χ2v) is 5.09. The normalized spacial score (nSPS) is 10.7. The first-order valence-corrected chi connectivity index (χ1v) is 7.32. The summed E-state index contributed by atoms with van der Waals surface area (Å²) in [5.41, 5.74) is 0.847. The molecule has 5 heteroatoms. The van der Waals surface area contributed by atoms with Crippen LogP contribution in [0.3, 0.4) is 0 Å². The smallest absolute Gasteiger partial charge is 0.246 e. The van der Waals surface area contributed by atoms with Gasteiger partial charge in [0.2, 0.25) is 11.8 Å². The van der Waals surface area contributed by atoms with E-state index in [-0.39, 0.29) is 18.4 Å². The van der Waals surface area contributed by atoms with Crippen LogP contribution in [-0.4, -0.2) is 48.3 Å². The maximum absolute atomic E-state index is 12.0. The maximum Gasteiger partial charge on any atom is 0.246 e. The largest absolute Gasteiger partial charge is 0.342 e. The monoisotopic (exact) mass is 308 g/mol. The topological polar surface area (TPSA) is 40.6 Å². The average molecular weight is 309 g/mol. The number of likely N-dealkylation sites (N-methyl/N-ethyl adjacent to an activating group) is 2. The molecule has 1 aromatic rings. The number of nitrogens with zero attached hydrogens (tertiary/aromatic N) is 2. The quantitative estimate of drug-likeness (QED) is 0.758. The summed E-state index contributed by atoms with van der Waals surface area (Å²) in [6.07, 6.45) is 3.13. The molecule has 1 aromatic carbocycles. The molecule has 4 nitrogen and oxygen atoms in total. The predicted octanol–water partition coefficient (Wildman–Crippen LogP) is 2.68. The van der Waals surface area contributed by atoms with Gasteiger partial charge < -0.3 is 9.80 Å². The fourth-order valence-corrected chi connectivity index (χ4v) is 2.06. The average Bonchev–Trinajstić information content (AvgIpc) is 2.46. The van der Waals surface area contributed by atoms with Gasteiger partial charge in [-0.15, -0.1) is 0 Å². The first kappa shape index (κ1) is 17.2. The van der Waals surface area contributed by atoms with E-state index in [0.717, 1.165) is 5.56 Å². The Kier molecular flexibility index (Phi) is 6.96. The van der Waals surface area contributed by atoms with Gasteiger partial charge in [-0.3, -0.25) is 9.59 Å². The first-order valence-electron chi connectivity index (χ1n) is 6.94. The molecule has 1 rings (SSSR count). The van der Waals surface area contributed by atoms with Crippen molar-refractivity contribution in [1.82, 2.24) is 9.80 Å². The molecule has 0 atom stereocenters. The van der Waals surface area contributed by atoms with Crippen LogP contribution in [0, 0.1) is 0 Å². The molecule has 0 unspecified atom stereocenters. The van der Waals surface area contributed by atoms with Gasteiger partial charge in [0, 0.05) is 31.2 Å². The van der Waals surface area contributed by atoms with Crippen LogP contribution in [0.4, 0.5) is 0 Å². The Balaban J connectivity index is 2.60. The number of rotatable bonds is 6. The zero-order valence-corrected chi connectivity index (χ0v) is 13.4. The van der Waals surface area contributed by atoms with E-state index in [4.69, 9.17) is 11.6 Å². The highest BCUT2D eigenvalue weighted by Crippen LogP contribution is 2.11. The van der Waals surface area contributed by atoms with Gasteiger partial charge in [0.15, 0.2) is 0 Å². The summed E-state index contributed by atoms with van der Waals surface area (Å²) in [5.74, 6) is -0.262. The summed E-state index contributed by atoms with van der Waals surface area (Å²) in [5, 5.41) is 0.620. The minimum atomic E-state index is -0.213. The summed E-state index contributed by atoms with van der Waals surface area (Å²) < 4.78 is 0. The Hall–Kier alpha value is -1.81. The summed E-state index contributed by atoms with van der Waals surface area (Å²) in [6.45, 7) is 5.22. The molecule has 21 heavy (non-hydrogen) atoms. The lowest BCUT2D eigenvalue weighted by molar-refractivity contribution is -0.136. The molecule has 0 aliphatic heterocycles. The van der Waals surface area contributed by atoms with Gasteiger partial charge >= 0.3 is 0 Å². The molecule has 0 N–H and O–H groups in total. The number of amides is 2. The number of halogens is 1. The lowest BCUT2D eigenvalue weighted by Crippen LogP contribution is -2.40. The van der Waals surface area contributed by atoms with Crippen LogP contribution in [0.2, 0.25) is 5.02 Å². The Labute approximate surface area is 131 Å². The second-order valence-electron chi connectivity index (χ2n) is 4.65. The molecule has 0 heterocycles. The van der Waals surface area contributed by atoms with Crippen LogP contribution in [0.5, 0.6) is 0 Å². The molecule has 0 spiro atoms. The van der Waals surface area contributed by atoms with E-state index in [1.165, 1.54) is 11.0 Å². The fourth-order valence-electron chi connectivity index (χ4n) is 1.86. The van der Waals surface area contributed by atoms with Crippen LogP contribution in [0.1, 0.15) is 19.4 Å². The van der Waals surface area contributed by atoms with Gasteiger partial charge in [-0.1, -0.05) is 23.7 Å². The van der Waals surface area contributed by atoms with Crippen molar-refractivity contribution in [3.63, 3.8) is 0 Å². The molecular formula is C16H21ClN2O2. The third-order valence-electron chi connectivity index (χ3n) is 3.13. The SMILES string of the molecule is CCN(CC)C(=O)CN(C)C(=O)/C=C/c1cccc(Cl)c1. The number of carbonyl (C=O) groups excluding carboxylic acids is 2. The molecule has 0 fully saturated rings. The van der Waals surface area contributed by atoms with E-state index in [0.29, 0.717) is 18.1 Å². The highest BCUT2D eigenvalue weighted by molar-refractivity contribution is 6.30. The van der Waals surface area contributed by atoms with Crippen molar-refractivity contribution in [2.45, 2.75) is 13.8 Å². The Morgan fingerprint density at radius 3 is 2.48 bits per heavy atom. The molecule has 0 aliphatic carbocycles. The van der Waals surface area contributed by atoms with E-state index in [1.807, 2.05) is 26.0 Å². The predicted molar refractivity (Wildman–Crippen MR) is 86.1 cm³/mol. The highest BCUT2D eigenvalue weighted by atomic mass is 35.5. The number of carbonyl (C=O) groups is 2. The molecular weight excluding hydrogens is 288 g/mol. The van der Waals surface area contributed by atoms with Gasteiger partial charge in [-0.2, -0.15) is 0 Å². The van der Waals surface area contributed by atoms with E-state index < -0.39 is 0 Å². The number of benzene rings is 1. The van der Waals surface area contributed by atoms with Crippen LogP contribution in [-0.2, 0) is 9.59 Å². The van der Waals surface area contributed by atoms with Crippen LogP contribution < -0.4 is 0 Å². The van der Waals surface area contributed by atoms with E-state index in [9.17, 15) is 9.59 Å².